The molecule has 0 unspecified atom stereocenters. The molecular formula is C15H14N4. The fourth-order valence-electron chi connectivity index (χ4n) is 2.05. The monoisotopic (exact) mass is 250 g/mol. The number of rotatable bonds is 3. The van der Waals surface area contributed by atoms with Crippen molar-refractivity contribution in [2.45, 2.75) is 13.3 Å². The molecule has 3 aromatic rings. The van der Waals surface area contributed by atoms with E-state index in [2.05, 4.69) is 38.8 Å². The summed E-state index contributed by atoms with van der Waals surface area (Å²) in [6.45, 7) is 2.08. The molecule has 2 aromatic heterocycles. The highest BCUT2D eigenvalue weighted by molar-refractivity contribution is 5.54. The van der Waals surface area contributed by atoms with Crippen molar-refractivity contribution in [1.82, 2.24) is 19.7 Å². The van der Waals surface area contributed by atoms with Crippen molar-refractivity contribution in [3.05, 3.63) is 60.6 Å². The third-order valence-corrected chi connectivity index (χ3v) is 2.95. The highest BCUT2D eigenvalue weighted by Crippen LogP contribution is 2.21. The minimum atomic E-state index is 0.781. The normalized spacial score (nSPS) is 10.6. The lowest BCUT2D eigenvalue weighted by atomic mass is 10.2. The van der Waals surface area contributed by atoms with Gasteiger partial charge in [0.2, 0.25) is 0 Å². The summed E-state index contributed by atoms with van der Waals surface area (Å²) in [7, 11) is 0. The second kappa shape index (κ2) is 5.02. The maximum absolute atomic E-state index is 4.36. The molecule has 3 rings (SSSR count). The first kappa shape index (κ1) is 11.6. The first-order chi connectivity index (χ1) is 9.40. The Hall–Kier alpha value is -2.49. The molecule has 0 saturated carbocycles. The van der Waals surface area contributed by atoms with Crippen molar-refractivity contribution in [3.8, 4) is 17.2 Å². The van der Waals surface area contributed by atoms with Gasteiger partial charge in [-0.15, -0.1) is 10.2 Å². The summed E-state index contributed by atoms with van der Waals surface area (Å²) >= 11 is 0. The maximum atomic E-state index is 4.36. The van der Waals surface area contributed by atoms with Gasteiger partial charge in [0.25, 0.3) is 0 Å². The highest BCUT2D eigenvalue weighted by atomic mass is 15.3. The molecule has 0 amide bonds. The molecule has 0 N–H and O–H groups in total. The second-order valence-electron chi connectivity index (χ2n) is 4.18. The number of aromatic nitrogens is 4. The van der Waals surface area contributed by atoms with Gasteiger partial charge in [0, 0.05) is 18.3 Å². The average Bonchev–Trinajstić information content (AvgIpc) is 2.93. The molecule has 0 atom stereocenters. The maximum Gasteiger partial charge on any atom is 0.187 e. The standard InChI is InChI=1S/C15H14N4/c1-2-14-17-18-15(13-10-6-7-11-16-13)19(14)12-8-4-3-5-9-12/h3-11H,2H2,1H3. The molecule has 0 spiro atoms. The van der Waals surface area contributed by atoms with E-state index in [4.69, 9.17) is 0 Å². The zero-order chi connectivity index (χ0) is 13.1. The van der Waals surface area contributed by atoms with Crippen molar-refractivity contribution in [2.24, 2.45) is 0 Å². The third-order valence-electron chi connectivity index (χ3n) is 2.95. The Morgan fingerprint density at radius 3 is 2.42 bits per heavy atom. The van der Waals surface area contributed by atoms with E-state index in [0.29, 0.717) is 0 Å². The largest absolute Gasteiger partial charge is 0.278 e. The lowest BCUT2D eigenvalue weighted by molar-refractivity contribution is 0.884. The van der Waals surface area contributed by atoms with Crippen molar-refractivity contribution in [2.75, 3.05) is 0 Å². The summed E-state index contributed by atoms with van der Waals surface area (Å²) in [6, 6.07) is 15.9. The Morgan fingerprint density at radius 1 is 0.947 bits per heavy atom. The number of hydrogen-bond donors (Lipinski definition) is 0. The summed E-state index contributed by atoms with van der Waals surface area (Å²) in [5.74, 6) is 1.72. The predicted octanol–water partition coefficient (Wildman–Crippen LogP) is 2.89. The smallest absolute Gasteiger partial charge is 0.187 e. The lowest BCUT2D eigenvalue weighted by Gasteiger charge is -2.08. The van der Waals surface area contributed by atoms with E-state index in [0.717, 1.165) is 29.5 Å². The van der Waals surface area contributed by atoms with Crippen molar-refractivity contribution in [1.29, 1.82) is 0 Å². The van der Waals surface area contributed by atoms with Crippen LogP contribution in [0.1, 0.15) is 12.7 Å². The fourth-order valence-corrected chi connectivity index (χ4v) is 2.05. The van der Waals surface area contributed by atoms with Gasteiger partial charge >= 0.3 is 0 Å². The zero-order valence-corrected chi connectivity index (χ0v) is 10.7. The first-order valence-electron chi connectivity index (χ1n) is 6.31. The van der Waals surface area contributed by atoms with Crippen LogP contribution >= 0.6 is 0 Å². The molecule has 4 heteroatoms. The van der Waals surface area contributed by atoms with Crippen LogP contribution in [-0.4, -0.2) is 19.7 Å². The van der Waals surface area contributed by atoms with E-state index in [9.17, 15) is 0 Å². The molecule has 94 valence electrons. The van der Waals surface area contributed by atoms with Gasteiger partial charge in [0.1, 0.15) is 11.5 Å². The topological polar surface area (TPSA) is 43.6 Å². The molecule has 0 aliphatic carbocycles. The van der Waals surface area contributed by atoms with Crippen LogP contribution in [0, 0.1) is 0 Å². The molecule has 2 heterocycles. The number of para-hydroxylation sites is 1. The summed E-state index contributed by atoms with van der Waals surface area (Å²) in [4.78, 5) is 4.36. The van der Waals surface area contributed by atoms with Gasteiger partial charge < -0.3 is 0 Å². The molecule has 0 radical (unpaired) electrons. The molecule has 1 aromatic carbocycles. The van der Waals surface area contributed by atoms with Gasteiger partial charge in [0.15, 0.2) is 5.82 Å². The Balaban J connectivity index is 2.20. The number of aryl methyl sites for hydroxylation is 1. The quantitative estimate of drug-likeness (QED) is 0.718. The van der Waals surface area contributed by atoms with Crippen LogP contribution in [0.25, 0.3) is 17.2 Å². The minimum absolute atomic E-state index is 0.781. The average molecular weight is 250 g/mol. The van der Waals surface area contributed by atoms with Crippen LogP contribution < -0.4 is 0 Å². The van der Waals surface area contributed by atoms with E-state index in [1.807, 2.05) is 36.4 Å². The van der Waals surface area contributed by atoms with Gasteiger partial charge in [-0.3, -0.25) is 9.55 Å². The summed E-state index contributed by atoms with van der Waals surface area (Å²) in [5.41, 5.74) is 1.89. The van der Waals surface area contributed by atoms with Gasteiger partial charge in [-0.25, -0.2) is 0 Å². The summed E-state index contributed by atoms with van der Waals surface area (Å²) in [5, 5.41) is 8.54. The second-order valence-corrected chi connectivity index (χ2v) is 4.18. The fraction of sp³-hybridized carbons (Fsp3) is 0.133. The number of pyridine rings is 1. The summed E-state index contributed by atoms with van der Waals surface area (Å²) < 4.78 is 2.06. The highest BCUT2D eigenvalue weighted by Gasteiger charge is 2.14. The van der Waals surface area contributed by atoms with Crippen molar-refractivity contribution >= 4 is 0 Å². The van der Waals surface area contributed by atoms with Gasteiger partial charge in [0.05, 0.1) is 0 Å². The van der Waals surface area contributed by atoms with E-state index in [1.54, 1.807) is 6.20 Å². The van der Waals surface area contributed by atoms with Crippen LogP contribution in [0.5, 0.6) is 0 Å². The molecule has 0 saturated heterocycles. The third kappa shape index (κ3) is 2.12. The van der Waals surface area contributed by atoms with Gasteiger partial charge in [-0.2, -0.15) is 0 Å². The molecular weight excluding hydrogens is 236 g/mol. The van der Waals surface area contributed by atoms with Crippen LogP contribution in [0.2, 0.25) is 0 Å². The van der Waals surface area contributed by atoms with E-state index in [1.165, 1.54) is 0 Å². The minimum Gasteiger partial charge on any atom is -0.278 e. The Bertz CT molecular complexity index is 659. The molecule has 0 aliphatic rings. The van der Waals surface area contributed by atoms with E-state index in [-0.39, 0.29) is 0 Å². The van der Waals surface area contributed by atoms with Crippen LogP contribution in [0.3, 0.4) is 0 Å². The summed E-state index contributed by atoms with van der Waals surface area (Å²) in [6.07, 6.45) is 2.60. The van der Waals surface area contributed by atoms with Gasteiger partial charge in [-0.1, -0.05) is 31.2 Å². The lowest BCUT2D eigenvalue weighted by Crippen LogP contribution is -2.02. The Kier molecular flexibility index (Phi) is 3.06. The van der Waals surface area contributed by atoms with Crippen LogP contribution in [-0.2, 0) is 6.42 Å². The van der Waals surface area contributed by atoms with Crippen LogP contribution in [0.15, 0.2) is 54.7 Å². The SMILES string of the molecule is CCc1nnc(-c2ccccn2)n1-c1ccccc1. The Labute approximate surface area is 111 Å². The van der Waals surface area contributed by atoms with Crippen molar-refractivity contribution < 1.29 is 0 Å². The van der Waals surface area contributed by atoms with Crippen molar-refractivity contribution in [3.63, 3.8) is 0 Å². The molecule has 19 heavy (non-hydrogen) atoms. The number of hydrogen-bond acceptors (Lipinski definition) is 3. The van der Waals surface area contributed by atoms with Crippen LogP contribution in [0.4, 0.5) is 0 Å². The molecule has 0 aliphatic heterocycles. The number of benzene rings is 1. The molecule has 0 bridgehead atoms. The first-order valence-corrected chi connectivity index (χ1v) is 6.31. The predicted molar refractivity (Wildman–Crippen MR) is 74.0 cm³/mol. The van der Waals surface area contributed by atoms with E-state index >= 15 is 0 Å². The van der Waals surface area contributed by atoms with Gasteiger partial charge in [-0.05, 0) is 24.3 Å². The molecule has 0 fully saturated rings. The van der Waals surface area contributed by atoms with E-state index < -0.39 is 0 Å². The number of nitrogens with zero attached hydrogens (tertiary/aromatic N) is 4. The zero-order valence-electron chi connectivity index (χ0n) is 10.7. The molecule has 4 nitrogen and oxygen atoms in total. The Morgan fingerprint density at radius 2 is 1.74 bits per heavy atom.